The van der Waals surface area contributed by atoms with Gasteiger partial charge in [0, 0.05) is 7.11 Å². The predicted octanol–water partition coefficient (Wildman–Crippen LogP) is 0.841. The van der Waals surface area contributed by atoms with E-state index in [0.717, 1.165) is 0 Å². The summed E-state index contributed by atoms with van der Waals surface area (Å²) in [6.07, 6.45) is -0.167. The van der Waals surface area contributed by atoms with E-state index < -0.39 is 36.4 Å². The Morgan fingerprint density at radius 1 is 0.950 bits per heavy atom. The quantitative estimate of drug-likeness (QED) is 0.459. The number of ether oxygens (including phenoxy) is 4. The van der Waals surface area contributed by atoms with Crippen molar-refractivity contribution in [1.82, 2.24) is 0 Å². The Balaban J connectivity index is 5.04. The molecule has 0 heterocycles. The molecule has 0 aliphatic carbocycles. The molecule has 1 unspecified atom stereocenters. The Hall–Kier alpha value is -1.63. The normalized spacial score (nSPS) is 13.2. The minimum atomic E-state index is -1.71. The van der Waals surface area contributed by atoms with Gasteiger partial charge in [-0.3, -0.25) is 9.59 Å². The van der Waals surface area contributed by atoms with E-state index in [1.165, 1.54) is 14.2 Å². The average molecular weight is 290 g/mol. The molecule has 0 saturated carbocycles. The lowest BCUT2D eigenvalue weighted by molar-refractivity contribution is -0.181. The maximum atomic E-state index is 12.0. The SMILES string of the molecule is CCCOC(=O)CC(CC(=O)OC)(OC)C(=O)OCC. The van der Waals surface area contributed by atoms with Crippen LogP contribution in [0.3, 0.4) is 0 Å². The summed E-state index contributed by atoms with van der Waals surface area (Å²) in [5.41, 5.74) is -1.71. The summed E-state index contributed by atoms with van der Waals surface area (Å²) in [5.74, 6) is -2.10. The van der Waals surface area contributed by atoms with Crippen molar-refractivity contribution in [2.24, 2.45) is 0 Å². The summed E-state index contributed by atoms with van der Waals surface area (Å²) in [6.45, 7) is 3.80. The molecule has 0 spiro atoms. The van der Waals surface area contributed by atoms with E-state index in [0.29, 0.717) is 6.42 Å². The molecule has 0 radical (unpaired) electrons. The predicted molar refractivity (Wildman–Crippen MR) is 68.9 cm³/mol. The first-order chi connectivity index (χ1) is 9.45. The smallest absolute Gasteiger partial charge is 0.339 e. The van der Waals surface area contributed by atoms with Crippen LogP contribution in [0, 0.1) is 0 Å². The Morgan fingerprint density at radius 2 is 1.55 bits per heavy atom. The second-order valence-corrected chi connectivity index (χ2v) is 4.07. The van der Waals surface area contributed by atoms with Crippen molar-refractivity contribution in [2.75, 3.05) is 27.4 Å². The molecular weight excluding hydrogens is 268 g/mol. The molecule has 0 aromatic rings. The van der Waals surface area contributed by atoms with Crippen molar-refractivity contribution in [2.45, 2.75) is 38.7 Å². The molecule has 20 heavy (non-hydrogen) atoms. The number of methoxy groups -OCH3 is 2. The van der Waals surface area contributed by atoms with Gasteiger partial charge in [0.2, 0.25) is 0 Å². The first-order valence-electron chi connectivity index (χ1n) is 6.40. The van der Waals surface area contributed by atoms with Crippen LogP contribution in [0.25, 0.3) is 0 Å². The molecule has 0 saturated heterocycles. The van der Waals surface area contributed by atoms with Crippen LogP contribution in [0.5, 0.6) is 0 Å². The van der Waals surface area contributed by atoms with E-state index in [1.807, 2.05) is 6.92 Å². The fourth-order valence-electron chi connectivity index (χ4n) is 1.50. The standard InChI is InChI=1S/C13H22O7/c1-5-7-20-11(15)9-13(18-4,8-10(14)17-3)12(16)19-6-2/h5-9H2,1-4H3. The van der Waals surface area contributed by atoms with Crippen molar-refractivity contribution < 1.29 is 33.3 Å². The van der Waals surface area contributed by atoms with Crippen LogP contribution < -0.4 is 0 Å². The van der Waals surface area contributed by atoms with Crippen LogP contribution in [-0.2, 0) is 33.3 Å². The highest BCUT2D eigenvalue weighted by atomic mass is 16.6. The molecule has 0 aromatic heterocycles. The van der Waals surface area contributed by atoms with Crippen LogP contribution in [0.15, 0.2) is 0 Å². The first-order valence-corrected chi connectivity index (χ1v) is 6.40. The van der Waals surface area contributed by atoms with Crippen molar-refractivity contribution in [1.29, 1.82) is 0 Å². The number of rotatable bonds is 9. The van der Waals surface area contributed by atoms with Gasteiger partial charge in [0.1, 0.15) is 0 Å². The molecule has 0 aliphatic rings. The van der Waals surface area contributed by atoms with Crippen LogP contribution in [0.2, 0.25) is 0 Å². The van der Waals surface area contributed by atoms with Crippen molar-refractivity contribution in [3.8, 4) is 0 Å². The van der Waals surface area contributed by atoms with Gasteiger partial charge in [-0.25, -0.2) is 4.79 Å². The van der Waals surface area contributed by atoms with Gasteiger partial charge in [0.15, 0.2) is 5.60 Å². The minimum Gasteiger partial charge on any atom is -0.469 e. The highest BCUT2D eigenvalue weighted by Crippen LogP contribution is 2.24. The van der Waals surface area contributed by atoms with E-state index in [9.17, 15) is 14.4 Å². The topological polar surface area (TPSA) is 88.1 Å². The highest BCUT2D eigenvalue weighted by molar-refractivity contribution is 5.90. The monoisotopic (exact) mass is 290 g/mol. The van der Waals surface area contributed by atoms with Gasteiger partial charge in [-0.05, 0) is 13.3 Å². The minimum absolute atomic E-state index is 0.106. The first kappa shape index (κ1) is 18.4. The second kappa shape index (κ2) is 9.30. The number of carbonyl (C=O) groups is 3. The fourth-order valence-corrected chi connectivity index (χ4v) is 1.50. The van der Waals surface area contributed by atoms with Gasteiger partial charge in [0.05, 0.1) is 33.2 Å². The summed E-state index contributed by atoms with van der Waals surface area (Å²) in [5, 5.41) is 0. The molecule has 1 atom stereocenters. The highest BCUT2D eigenvalue weighted by Gasteiger charge is 2.45. The van der Waals surface area contributed by atoms with Gasteiger partial charge < -0.3 is 18.9 Å². The largest absolute Gasteiger partial charge is 0.469 e. The molecule has 0 aromatic carbocycles. The van der Waals surface area contributed by atoms with Crippen LogP contribution in [-0.4, -0.2) is 50.9 Å². The number of hydrogen-bond acceptors (Lipinski definition) is 7. The Kier molecular flexibility index (Phi) is 8.54. The summed E-state index contributed by atoms with van der Waals surface area (Å²) >= 11 is 0. The van der Waals surface area contributed by atoms with Gasteiger partial charge >= 0.3 is 17.9 Å². The third kappa shape index (κ3) is 5.56. The van der Waals surface area contributed by atoms with E-state index in [1.54, 1.807) is 6.92 Å². The van der Waals surface area contributed by atoms with E-state index >= 15 is 0 Å². The molecular formula is C13H22O7. The summed E-state index contributed by atoms with van der Waals surface area (Å²) in [7, 11) is 2.41. The maximum absolute atomic E-state index is 12.0. The van der Waals surface area contributed by atoms with Gasteiger partial charge in [0.25, 0.3) is 0 Å². The molecule has 0 fully saturated rings. The van der Waals surface area contributed by atoms with Gasteiger partial charge in [-0.2, -0.15) is 0 Å². The van der Waals surface area contributed by atoms with Gasteiger partial charge in [-0.15, -0.1) is 0 Å². The fraction of sp³-hybridized carbons (Fsp3) is 0.769. The Labute approximate surface area is 118 Å². The molecule has 7 nitrogen and oxygen atoms in total. The third-order valence-electron chi connectivity index (χ3n) is 2.59. The lowest BCUT2D eigenvalue weighted by Gasteiger charge is -2.27. The lowest BCUT2D eigenvalue weighted by Crippen LogP contribution is -2.46. The molecule has 116 valence electrons. The van der Waals surface area contributed by atoms with Crippen LogP contribution in [0.4, 0.5) is 0 Å². The second-order valence-electron chi connectivity index (χ2n) is 4.07. The summed E-state index contributed by atoms with van der Waals surface area (Å²) in [4.78, 5) is 35.1. The van der Waals surface area contributed by atoms with Crippen molar-refractivity contribution in [3.63, 3.8) is 0 Å². The zero-order valence-electron chi connectivity index (χ0n) is 12.4. The zero-order chi connectivity index (χ0) is 15.6. The molecule has 0 bridgehead atoms. The zero-order valence-corrected chi connectivity index (χ0v) is 12.4. The van der Waals surface area contributed by atoms with E-state index in [-0.39, 0.29) is 13.2 Å². The van der Waals surface area contributed by atoms with E-state index in [2.05, 4.69) is 4.74 Å². The molecule has 0 amide bonds. The molecule has 7 heteroatoms. The number of carbonyl (C=O) groups excluding carboxylic acids is 3. The summed E-state index contributed by atoms with van der Waals surface area (Å²) < 4.78 is 19.4. The molecule has 0 rings (SSSR count). The Morgan fingerprint density at radius 3 is 2.00 bits per heavy atom. The number of esters is 3. The van der Waals surface area contributed by atoms with Crippen LogP contribution >= 0.6 is 0 Å². The number of hydrogen-bond donors (Lipinski definition) is 0. The lowest BCUT2D eigenvalue weighted by atomic mass is 9.95. The van der Waals surface area contributed by atoms with E-state index in [4.69, 9.17) is 14.2 Å². The van der Waals surface area contributed by atoms with Crippen molar-refractivity contribution in [3.05, 3.63) is 0 Å². The Bertz CT molecular complexity index is 340. The molecule has 0 aliphatic heterocycles. The maximum Gasteiger partial charge on any atom is 0.339 e. The van der Waals surface area contributed by atoms with Crippen LogP contribution in [0.1, 0.15) is 33.1 Å². The molecule has 0 N–H and O–H groups in total. The van der Waals surface area contributed by atoms with Crippen molar-refractivity contribution >= 4 is 17.9 Å². The summed E-state index contributed by atoms with van der Waals surface area (Å²) in [6, 6.07) is 0. The average Bonchev–Trinajstić information content (AvgIpc) is 2.44. The third-order valence-corrected chi connectivity index (χ3v) is 2.59. The van der Waals surface area contributed by atoms with Gasteiger partial charge in [-0.1, -0.05) is 6.92 Å².